The van der Waals surface area contributed by atoms with Crippen LogP contribution in [-0.4, -0.2) is 56.9 Å². The van der Waals surface area contributed by atoms with Gasteiger partial charge in [0, 0.05) is 4.90 Å². The van der Waals surface area contributed by atoms with Gasteiger partial charge in [0.25, 0.3) is 0 Å². The topological polar surface area (TPSA) is 90.2 Å². The second-order valence-corrected chi connectivity index (χ2v) is 5.30. The van der Waals surface area contributed by atoms with Crippen molar-refractivity contribution in [3.05, 3.63) is 30.3 Å². The van der Waals surface area contributed by atoms with Crippen LogP contribution in [-0.2, 0) is 4.74 Å². The highest BCUT2D eigenvalue weighted by atomic mass is 32.2. The van der Waals surface area contributed by atoms with E-state index < -0.39 is 36.5 Å². The Labute approximate surface area is 109 Å². The van der Waals surface area contributed by atoms with Gasteiger partial charge in [-0.2, -0.15) is 0 Å². The van der Waals surface area contributed by atoms with E-state index in [0.717, 1.165) is 4.90 Å². The normalized spacial score (nSPS) is 36.6. The number of rotatable bonds is 3. The monoisotopic (exact) mass is 272 g/mol. The molecule has 4 N–H and O–H groups in total. The molecule has 0 spiro atoms. The van der Waals surface area contributed by atoms with Crippen molar-refractivity contribution in [2.45, 2.75) is 34.7 Å². The molecule has 0 aromatic heterocycles. The summed E-state index contributed by atoms with van der Waals surface area (Å²) >= 11 is 1.24. The Balaban J connectivity index is 2.08. The minimum absolute atomic E-state index is 0.406. The summed E-state index contributed by atoms with van der Waals surface area (Å²) < 4.78 is 5.39. The van der Waals surface area contributed by atoms with E-state index in [-0.39, 0.29) is 0 Å². The maximum atomic E-state index is 9.85. The van der Waals surface area contributed by atoms with E-state index in [9.17, 15) is 15.3 Å². The Hall–Kier alpha value is -0.630. The second-order valence-electron chi connectivity index (χ2n) is 4.13. The first-order valence-electron chi connectivity index (χ1n) is 5.65. The van der Waals surface area contributed by atoms with Gasteiger partial charge in [-0.1, -0.05) is 30.0 Å². The average Bonchev–Trinajstić information content (AvgIpc) is 2.40. The number of hydrogen-bond donors (Lipinski definition) is 4. The van der Waals surface area contributed by atoms with E-state index in [1.54, 1.807) is 0 Å². The van der Waals surface area contributed by atoms with Gasteiger partial charge in [-0.25, -0.2) is 0 Å². The summed E-state index contributed by atoms with van der Waals surface area (Å²) in [5.41, 5.74) is -0.719. The fourth-order valence-electron chi connectivity index (χ4n) is 1.80. The van der Waals surface area contributed by atoms with Crippen LogP contribution in [0, 0.1) is 0 Å². The highest BCUT2D eigenvalue weighted by molar-refractivity contribution is 7.99. The van der Waals surface area contributed by atoms with Gasteiger partial charge in [0.05, 0.1) is 6.61 Å². The summed E-state index contributed by atoms with van der Waals surface area (Å²) in [4.78, 5) is 0.877. The summed E-state index contributed by atoms with van der Waals surface area (Å²) in [7, 11) is 0. The Kier molecular flexibility index (Phi) is 4.60. The first-order chi connectivity index (χ1) is 8.63. The minimum Gasteiger partial charge on any atom is -0.394 e. The molecule has 1 saturated heterocycles. The molecule has 0 radical (unpaired) electrons. The van der Waals surface area contributed by atoms with Gasteiger partial charge in [-0.15, -0.1) is 0 Å². The molecule has 1 aliphatic heterocycles. The first kappa shape index (κ1) is 13.8. The van der Waals surface area contributed by atoms with Crippen molar-refractivity contribution in [2.24, 2.45) is 0 Å². The van der Waals surface area contributed by atoms with E-state index in [2.05, 4.69) is 0 Å². The molecule has 18 heavy (non-hydrogen) atoms. The lowest BCUT2D eigenvalue weighted by Crippen LogP contribution is -2.57. The Morgan fingerprint density at radius 2 is 1.67 bits per heavy atom. The number of aliphatic hydroxyl groups is 4. The molecule has 1 aliphatic rings. The van der Waals surface area contributed by atoms with Gasteiger partial charge in [-0.05, 0) is 12.1 Å². The molecule has 6 heteroatoms. The van der Waals surface area contributed by atoms with Gasteiger partial charge < -0.3 is 25.2 Å². The van der Waals surface area contributed by atoms with Crippen LogP contribution in [0.4, 0.5) is 0 Å². The van der Waals surface area contributed by atoms with Crippen molar-refractivity contribution in [3.8, 4) is 0 Å². The van der Waals surface area contributed by atoms with Gasteiger partial charge >= 0.3 is 0 Å². The number of hydrogen-bond acceptors (Lipinski definition) is 6. The second kappa shape index (κ2) is 6.01. The summed E-state index contributed by atoms with van der Waals surface area (Å²) in [5.74, 6) is 0. The lowest BCUT2D eigenvalue weighted by Gasteiger charge is -2.39. The number of thioether (sulfide) groups is 1. The van der Waals surface area contributed by atoms with Crippen LogP contribution >= 0.6 is 11.8 Å². The zero-order chi connectivity index (χ0) is 13.1. The molecule has 0 saturated carbocycles. The number of benzene rings is 1. The minimum atomic E-state index is -1.32. The van der Waals surface area contributed by atoms with Crippen LogP contribution in [0.3, 0.4) is 0 Å². The predicted octanol–water partition coefficient (Wildman–Crippen LogP) is -0.421. The average molecular weight is 272 g/mol. The summed E-state index contributed by atoms with van der Waals surface area (Å²) in [6.07, 6.45) is -4.69. The smallest absolute Gasteiger partial charge is 0.136 e. The number of aliphatic hydroxyl groups excluding tert-OH is 4. The molecule has 1 fully saturated rings. The first-order valence-corrected chi connectivity index (χ1v) is 6.53. The van der Waals surface area contributed by atoms with Gasteiger partial charge in [0.2, 0.25) is 0 Å². The van der Waals surface area contributed by atoms with E-state index >= 15 is 0 Å². The third-order valence-corrected chi connectivity index (χ3v) is 4.01. The zero-order valence-electron chi connectivity index (χ0n) is 9.59. The fraction of sp³-hybridized carbons (Fsp3) is 0.500. The standard InChI is InChI=1S/C12H16O5S/c13-6-8-9(14)10(15)11(16)12(17-8)18-7-4-2-1-3-5-7/h1-5,8-16H,6H2/t8?,9-,10+,11?,12+/m1/s1. The van der Waals surface area contributed by atoms with Crippen LogP contribution in [0.2, 0.25) is 0 Å². The van der Waals surface area contributed by atoms with Crippen molar-refractivity contribution >= 4 is 11.8 Å². The van der Waals surface area contributed by atoms with E-state index in [0.29, 0.717) is 0 Å². The molecule has 0 bridgehead atoms. The number of ether oxygens (including phenoxy) is 1. The molecule has 100 valence electrons. The van der Waals surface area contributed by atoms with E-state index in [1.807, 2.05) is 30.3 Å². The van der Waals surface area contributed by atoms with Crippen LogP contribution < -0.4 is 0 Å². The summed E-state index contributed by atoms with van der Waals surface area (Å²) in [6.45, 7) is -0.406. The molecule has 0 amide bonds. The van der Waals surface area contributed by atoms with Crippen molar-refractivity contribution in [1.82, 2.24) is 0 Å². The van der Waals surface area contributed by atoms with Crippen LogP contribution in [0.5, 0.6) is 0 Å². The molecule has 1 aromatic carbocycles. The van der Waals surface area contributed by atoms with Gasteiger partial charge in [0.15, 0.2) is 0 Å². The molecule has 0 aliphatic carbocycles. The van der Waals surface area contributed by atoms with Crippen molar-refractivity contribution < 1.29 is 25.2 Å². The lowest BCUT2D eigenvalue weighted by molar-refractivity contribution is -0.205. The Morgan fingerprint density at radius 1 is 1.00 bits per heavy atom. The maximum absolute atomic E-state index is 9.85. The third-order valence-electron chi connectivity index (χ3n) is 2.84. The largest absolute Gasteiger partial charge is 0.394 e. The molecular weight excluding hydrogens is 256 g/mol. The third kappa shape index (κ3) is 2.85. The highest BCUT2D eigenvalue weighted by Gasteiger charge is 2.43. The molecule has 2 unspecified atom stereocenters. The molecule has 1 heterocycles. The van der Waals surface area contributed by atoms with Gasteiger partial charge in [0.1, 0.15) is 29.9 Å². The van der Waals surface area contributed by atoms with E-state index in [1.165, 1.54) is 11.8 Å². The molecule has 2 rings (SSSR count). The van der Waals surface area contributed by atoms with Crippen LogP contribution in [0.25, 0.3) is 0 Å². The Bertz CT molecular complexity index is 372. The zero-order valence-corrected chi connectivity index (χ0v) is 10.4. The van der Waals surface area contributed by atoms with Crippen molar-refractivity contribution in [2.75, 3.05) is 6.61 Å². The molecule has 5 nitrogen and oxygen atoms in total. The van der Waals surface area contributed by atoms with Crippen LogP contribution in [0.1, 0.15) is 0 Å². The van der Waals surface area contributed by atoms with Crippen molar-refractivity contribution in [1.29, 1.82) is 0 Å². The lowest BCUT2D eigenvalue weighted by atomic mass is 10.0. The summed E-state index contributed by atoms with van der Waals surface area (Å²) in [6, 6.07) is 9.29. The van der Waals surface area contributed by atoms with Gasteiger partial charge in [-0.3, -0.25) is 0 Å². The summed E-state index contributed by atoms with van der Waals surface area (Å²) in [5, 5.41) is 38.2. The van der Waals surface area contributed by atoms with Crippen molar-refractivity contribution in [3.63, 3.8) is 0 Å². The maximum Gasteiger partial charge on any atom is 0.136 e. The van der Waals surface area contributed by atoms with E-state index in [4.69, 9.17) is 9.84 Å². The molecular formula is C12H16O5S. The quantitative estimate of drug-likeness (QED) is 0.597. The predicted molar refractivity (Wildman–Crippen MR) is 66.1 cm³/mol. The Morgan fingerprint density at radius 3 is 2.28 bits per heavy atom. The highest BCUT2D eigenvalue weighted by Crippen LogP contribution is 2.32. The molecule has 1 aromatic rings. The van der Waals surface area contributed by atoms with Crippen LogP contribution in [0.15, 0.2) is 35.2 Å². The SMILES string of the molecule is OCC1O[C@@H](Sc2ccccc2)C(O)[C@@H](O)[C@@H]1O. The fourth-order valence-corrected chi connectivity index (χ4v) is 2.88. The molecule has 5 atom stereocenters.